The number of para-hydroxylation sites is 1. The van der Waals surface area contributed by atoms with Crippen LogP contribution in [0.15, 0.2) is 90.1 Å². The average Bonchev–Trinajstić information content (AvgIpc) is 3.30. The van der Waals surface area contributed by atoms with Gasteiger partial charge in [0.2, 0.25) is 0 Å². The lowest BCUT2D eigenvalue weighted by molar-refractivity contribution is 0.0954. The second kappa shape index (κ2) is 10.1. The molecule has 1 amide bonds. The van der Waals surface area contributed by atoms with Crippen LogP contribution in [0.4, 0.5) is 10.1 Å². The maximum absolute atomic E-state index is 13.1. The van der Waals surface area contributed by atoms with Crippen LogP contribution in [0.5, 0.6) is 0 Å². The number of carbonyl (C=O) groups is 1. The molecule has 0 radical (unpaired) electrons. The molecule has 0 fully saturated rings. The van der Waals surface area contributed by atoms with E-state index in [-0.39, 0.29) is 21.2 Å². The van der Waals surface area contributed by atoms with Crippen molar-refractivity contribution in [3.8, 4) is 5.69 Å². The van der Waals surface area contributed by atoms with Crippen LogP contribution >= 0.6 is 11.6 Å². The molecule has 1 aromatic heterocycles. The van der Waals surface area contributed by atoms with E-state index in [0.717, 1.165) is 23.4 Å². The molecule has 4 aromatic rings. The summed E-state index contributed by atoms with van der Waals surface area (Å²) in [5.41, 5.74) is 2.08. The van der Waals surface area contributed by atoms with E-state index in [1.54, 1.807) is 10.9 Å². The number of hydrogen-bond donors (Lipinski definition) is 2. The maximum atomic E-state index is 13.1. The number of anilines is 1. The molecule has 2 N–H and O–H groups in total. The van der Waals surface area contributed by atoms with E-state index in [2.05, 4.69) is 15.1 Å². The molecule has 174 valence electrons. The van der Waals surface area contributed by atoms with E-state index >= 15 is 0 Å². The fraction of sp³-hybridized carbons (Fsp3) is 0.0833. The molecule has 3 aromatic carbocycles. The lowest BCUT2D eigenvalue weighted by atomic mass is 10.2. The van der Waals surface area contributed by atoms with Gasteiger partial charge in [0.05, 0.1) is 27.4 Å². The summed E-state index contributed by atoms with van der Waals surface area (Å²) in [4.78, 5) is 12.5. The second-order valence-electron chi connectivity index (χ2n) is 7.39. The van der Waals surface area contributed by atoms with Crippen LogP contribution in [0.2, 0.25) is 5.02 Å². The highest BCUT2D eigenvalue weighted by Crippen LogP contribution is 2.23. The van der Waals surface area contributed by atoms with Crippen LogP contribution in [-0.2, 0) is 16.4 Å². The van der Waals surface area contributed by atoms with Crippen molar-refractivity contribution in [1.82, 2.24) is 15.1 Å². The zero-order valence-corrected chi connectivity index (χ0v) is 19.4. The summed E-state index contributed by atoms with van der Waals surface area (Å²) in [6.45, 7) is 0.306. The smallest absolute Gasteiger partial charge is 0.261 e. The van der Waals surface area contributed by atoms with Gasteiger partial charge in [-0.15, -0.1) is 0 Å². The number of nitrogens with one attached hydrogen (secondary N) is 2. The minimum Gasteiger partial charge on any atom is -0.352 e. The molecule has 0 saturated carbocycles. The molecule has 0 saturated heterocycles. The average molecular weight is 499 g/mol. The van der Waals surface area contributed by atoms with Crippen molar-refractivity contribution < 1.29 is 17.6 Å². The van der Waals surface area contributed by atoms with Crippen molar-refractivity contribution in [2.75, 3.05) is 11.3 Å². The van der Waals surface area contributed by atoms with Crippen molar-refractivity contribution in [2.24, 2.45) is 0 Å². The van der Waals surface area contributed by atoms with Crippen LogP contribution in [0.3, 0.4) is 0 Å². The van der Waals surface area contributed by atoms with Crippen molar-refractivity contribution in [2.45, 2.75) is 11.3 Å². The van der Waals surface area contributed by atoms with Gasteiger partial charge < -0.3 is 5.32 Å². The number of sulfonamides is 1. The number of nitrogens with zero attached hydrogens (tertiary/aromatic N) is 2. The summed E-state index contributed by atoms with van der Waals surface area (Å²) in [5.74, 6) is -0.986. The summed E-state index contributed by atoms with van der Waals surface area (Å²) in [6.07, 6.45) is 4.13. The van der Waals surface area contributed by atoms with Gasteiger partial charge in [-0.2, -0.15) is 5.10 Å². The molecule has 4 rings (SSSR count). The molecular weight excluding hydrogens is 479 g/mol. The van der Waals surface area contributed by atoms with Crippen LogP contribution < -0.4 is 10.0 Å². The number of benzene rings is 3. The Hall–Kier alpha value is -3.69. The third kappa shape index (κ3) is 5.62. The molecule has 0 unspecified atom stereocenters. The molecule has 7 nitrogen and oxygen atoms in total. The topological polar surface area (TPSA) is 93.1 Å². The van der Waals surface area contributed by atoms with E-state index in [4.69, 9.17) is 11.6 Å². The van der Waals surface area contributed by atoms with Crippen LogP contribution in [-0.4, -0.2) is 30.7 Å². The third-order valence-corrected chi connectivity index (χ3v) is 6.65. The van der Waals surface area contributed by atoms with Gasteiger partial charge in [-0.25, -0.2) is 17.5 Å². The summed E-state index contributed by atoms with van der Waals surface area (Å²) in [7, 11) is -4.01. The van der Waals surface area contributed by atoms with Gasteiger partial charge in [-0.05, 0) is 66.6 Å². The Bertz CT molecular complexity index is 1410. The number of carbonyl (C=O) groups excluding carboxylic acids is 1. The van der Waals surface area contributed by atoms with E-state index in [9.17, 15) is 17.6 Å². The molecule has 1 heterocycles. The first-order valence-corrected chi connectivity index (χ1v) is 12.1. The Morgan fingerprint density at radius 3 is 2.50 bits per heavy atom. The Labute approximate surface area is 201 Å². The minimum absolute atomic E-state index is 0.0311. The first kappa shape index (κ1) is 23.5. The molecular formula is C24H20ClFN4O3S. The van der Waals surface area contributed by atoms with Crippen LogP contribution in [0.1, 0.15) is 15.9 Å². The third-order valence-electron chi connectivity index (χ3n) is 4.95. The standard InChI is InChI=1S/C24H20ClFN4O3S/c25-23-11-10-21(34(32,33)29-19-8-6-18(26)7-9-19)14-22(23)24(31)27-13-12-17-15-28-30(16-17)20-4-2-1-3-5-20/h1-11,14-16,29H,12-13H2,(H,27,31). The Morgan fingerprint density at radius 1 is 1.03 bits per heavy atom. The van der Waals surface area contributed by atoms with E-state index < -0.39 is 21.7 Å². The lowest BCUT2D eigenvalue weighted by Gasteiger charge is -2.11. The highest BCUT2D eigenvalue weighted by Gasteiger charge is 2.19. The van der Waals surface area contributed by atoms with E-state index in [1.807, 2.05) is 36.5 Å². The monoisotopic (exact) mass is 498 g/mol. The number of hydrogen-bond acceptors (Lipinski definition) is 4. The molecule has 0 spiro atoms. The summed E-state index contributed by atoms with van der Waals surface area (Å²) >= 11 is 6.15. The molecule has 0 aliphatic rings. The molecule has 34 heavy (non-hydrogen) atoms. The van der Waals surface area contributed by atoms with Crippen molar-refractivity contribution in [3.05, 3.63) is 107 Å². The van der Waals surface area contributed by atoms with Gasteiger partial charge in [0, 0.05) is 18.4 Å². The van der Waals surface area contributed by atoms with E-state index in [0.29, 0.717) is 13.0 Å². The van der Waals surface area contributed by atoms with Gasteiger partial charge in [0.25, 0.3) is 15.9 Å². The number of amides is 1. The summed E-state index contributed by atoms with van der Waals surface area (Å²) in [6, 6.07) is 18.4. The normalized spacial score (nSPS) is 11.2. The lowest BCUT2D eigenvalue weighted by Crippen LogP contribution is -2.26. The molecule has 10 heteroatoms. The molecule has 0 aliphatic heterocycles. The second-order valence-corrected chi connectivity index (χ2v) is 9.48. The van der Waals surface area contributed by atoms with Crippen molar-refractivity contribution >= 4 is 33.2 Å². The van der Waals surface area contributed by atoms with Gasteiger partial charge in [-0.1, -0.05) is 29.8 Å². The zero-order chi connectivity index (χ0) is 24.1. The van der Waals surface area contributed by atoms with Gasteiger partial charge in [0.1, 0.15) is 5.82 Å². The zero-order valence-electron chi connectivity index (χ0n) is 17.8. The quantitative estimate of drug-likeness (QED) is 0.375. The van der Waals surface area contributed by atoms with Gasteiger partial charge in [0.15, 0.2) is 0 Å². The van der Waals surface area contributed by atoms with Crippen molar-refractivity contribution in [1.29, 1.82) is 0 Å². The highest BCUT2D eigenvalue weighted by molar-refractivity contribution is 7.92. The summed E-state index contributed by atoms with van der Waals surface area (Å²) < 4.78 is 42.6. The molecule has 0 bridgehead atoms. The SMILES string of the molecule is O=C(NCCc1cnn(-c2ccccc2)c1)c1cc(S(=O)(=O)Nc2ccc(F)cc2)ccc1Cl. The predicted molar refractivity (Wildman–Crippen MR) is 128 cm³/mol. The minimum atomic E-state index is -4.01. The number of halogens is 2. The van der Waals surface area contributed by atoms with Crippen molar-refractivity contribution in [3.63, 3.8) is 0 Å². The Balaban J connectivity index is 1.41. The van der Waals surface area contributed by atoms with E-state index in [1.165, 1.54) is 30.3 Å². The predicted octanol–water partition coefficient (Wildman–Crippen LogP) is 4.44. The number of rotatable bonds is 8. The summed E-state index contributed by atoms with van der Waals surface area (Å²) in [5, 5.41) is 7.20. The largest absolute Gasteiger partial charge is 0.352 e. The Kier molecular flexibility index (Phi) is 6.95. The number of aromatic nitrogens is 2. The first-order chi connectivity index (χ1) is 16.3. The fourth-order valence-corrected chi connectivity index (χ4v) is 4.49. The fourth-order valence-electron chi connectivity index (χ4n) is 3.20. The molecule has 0 aliphatic carbocycles. The maximum Gasteiger partial charge on any atom is 0.261 e. The van der Waals surface area contributed by atoms with Crippen LogP contribution in [0, 0.1) is 5.82 Å². The molecule has 0 atom stereocenters. The van der Waals surface area contributed by atoms with Gasteiger partial charge in [-0.3, -0.25) is 9.52 Å². The highest BCUT2D eigenvalue weighted by atomic mass is 35.5. The first-order valence-electron chi connectivity index (χ1n) is 10.3. The Morgan fingerprint density at radius 2 is 1.76 bits per heavy atom. The van der Waals surface area contributed by atoms with Crippen LogP contribution in [0.25, 0.3) is 5.69 Å². The van der Waals surface area contributed by atoms with Gasteiger partial charge >= 0.3 is 0 Å².